The average molecular weight is 399 g/mol. The maximum Gasteiger partial charge on any atom is 0.339 e. The normalized spacial score (nSPS) is 11.5. The first-order valence-electron chi connectivity index (χ1n) is 9.11. The second kappa shape index (κ2) is 9.18. The van der Waals surface area contributed by atoms with Crippen LogP contribution in [0.5, 0.6) is 0 Å². The molecule has 0 saturated heterocycles. The topological polar surface area (TPSA) is 117 Å². The Balaban J connectivity index is 2.19. The van der Waals surface area contributed by atoms with Gasteiger partial charge in [0.15, 0.2) is 5.78 Å². The van der Waals surface area contributed by atoms with Gasteiger partial charge in [0.05, 0.1) is 30.8 Å². The number of ether oxygens (including phenoxy) is 1. The van der Waals surface area contributed by atoms with Gasteiger partial charge in [-0.05, 0) is 37.1 Å². The maximum absolute atomic E-state index is 12.6. The molecule has 0 spiro atoms. The molecule has 8 heteroatoms. The van der Waals surface area contributed by atoms with Gasteiger partial charge in [0.2, 0.25) is 11.8 Å². The number of aromatic nitrogens is 1. The van der Waals surface area contributed by atoms with Gasteiger partial charge in [-0.3, -0.25) is 14.4 Å². The number of H-pyrrole nitrogens is 1. The fourth-order valence-electron chi connectivity index (χ4n) is 3.15. The fraction of sp³-hybridized carbons (Fsp3) is 0.333. The number of esters is 1. The first kappa shape index (κ1) is 21.9. The molecule has 154 valence electrons. The Labute approximate surface area is 169 Å². The van der Waals surface area contributed by atoms with Crippen LogP contribution in [0.4, 0.5) is 5.69 Å². The number of aromatic amines is 1. The highest BCUT2D eigenvalue weighted by Gasteiger charge is 2.24. The van der Waals surface area contributed by atoms with Crippen LogP contribution in [0.15, 0.2) is 24.3 Å². The van der Waals surface area contributed by atoms with Crippen LogP contribution in [0.3, 0.4) is 0 Å². The van der Waals surface area contributed by atoms with Crippen LogP contribution in [-0.2, 0) is 20.7 Å². The van der Waals surface area contributed by atoms with Gasteiger partial charge in [-0.1, -0.05) is 12.1 Å². The first-order valence-corrected chi connectivity index (χ1v) is 9.11. The number of hydrogen-bond acceptors (Lipinski definition) is 5. The third-order valence-corrected chi connectivity index (χ3v) is 4.49. The molecule has 8 nitrogen and oxygen atoms in total. The molecule has 0 aliphatic heterocycles. The second-order valence-electron chi connectivity index (χ2n) is 6.80. The number of ketones is 1. The number of carbonyl (C=O) groups excluding carboxylic acids is 4. The van der Waals surface area contributed by atoms with Gasteiger partial charge in [0, 0.05) is 25.2 Å². The summed E-state index contributed by atoms with van der Waals surface area (Å²) < 4.78 is 4.79. The number of nitrogens with one attached hydrogen (secondary N) is 3. The summed E-state index contributed by atoms with van der Waals surface area (Å²) in [5.41, 5.74) is 2.72. The molecule has 29 heavy (non-hydrogen) atoms. The van der Waals surface area contributed by atoms with Gasteiger partial charge in [-0.25, -0.2) is 4.79 Å². The van der Waals surface area contributed by atoms with Gasteiger partial charge in [-0.2, -0.15) is 0 Å². The number of Topliss-reactive ketones (excluding diaryl/α,β-unsaturated/α-hetero) is 1. The molecule has 1 aromatic heterocycles. The van der Waals surface area contributed by atoms with Crippen molar-refractivity contribution in [3.8, 4) is 0 Å². The molecule has 2 amide bonds. The van der Waals surface area contributed by atoms with E-state index in [0.717, 1.165) is 5.56 Å². The Morgan fingerprint density at radius 3 is 2.45 bits per heavy atom. The molecule has 0 aliphatic carbocycles. The summed E-state index contributed by atoms with van der Waals surface area (Å²) in [7, 11) is 1.25. The zero-order chi connectivity index (χ0) is 21.7. The van der Waals surface area contributed by atoms with Crippen molar-refractivity contribution in [1.82, 2.24) is 10.3 Å². The summed E-state index contributed by atoms with van der Waals surface area (Å²) in [5.74, 6) is -1.35. The third kappa shape index (κ3) is 5.31. The van der Waals surface area contributed by atoms with E-state index < -0.39 is 5.97 Å². The molecule has 1 heterocycles. The monoisotopic (exact) mass is 399 g/mol. The van der Waals surface area contributed by atoms with E-state index >= 15 is 0 Å². The molecule has 0 aliphatic rings. The fourth-order valence-corrected chi connectivity index (χ4v) is 3.15. The molecular formula is C21H25N3O5. The van der Waals surface area contributed by atoms with E-state index in [2.05, 4.69) is 15.6 Å². The van der Waals surface area contributed by atoms with Gasteiger partial charge >= 0.3 is 5.97 Å². The molecule has 1 aromatic carbocycles. The summed E-state index contributed by atoms with van der Waals surface area (Å²) in [4.78, 5) is 50.6. The van der Waals surface area contributed by atoms with E-state index in [4.69, 9.17) is 4.74 Å². The molecule has 3 N–H and O–H groups in total. The van der Waals surface area contributed by atoms with Crippen LogP contribution in [0.25, 0.3) is 0 Å². The highest BCUT2D eigenvalue weighted by molar-refractivity contribution is 6.01. The van der Waals surface area contributed by atoms with Gasteiger partial charge in [0.1, 0.15) is 0 Å². The van der Waals surface area contributed by atoms with Crippen molar-refractivity contribution in [3.63, 3.8) is 0 Å². The predicted molar refractivity (Wildman–Crippen MR) is 108 cm³/mol. The molecule has 0 radical (unpaired) electrons. The van der Waals surface area contributed by atoms with Crippen LogP contribution < -0.4 is 10.6 Å². The Morgan fingerprint density at radius 2 is 1.86 bits per heavy atom. The smallest absolute Gasteiger partial charge is 0.339 e. The SMILES string of the molecule is COC(=O)c1c(CC(=O)NC(C)c2cccc(NC(C)=O)c2)[nH]c(C(C)=O)c1C. The van der Waals surface area contributed by atoms with E-state index in [1.807, 2.05) is 13.0 Å². The van der Waals surface area contributed by atoms with E-state index in [0.29, 0.717) is 16.9 Å². The lowest BCUT2D eigenvalue weighted by molar-refractivity contribution is -0.121. The van der Waals surface area contributed by atoms with Crippen LogP contribution in [-0.4, -0.2) is 35.7 Å². The lowest BCUT2D eigenvalue weighted by atomic mass is 10.1. The summed E-state index contributed by atoms with van der Waals surface area (Å²) >= 11 is 0. The van der Waals surface area contributed by atoms with Crippen molar-refractivity contribution in [2.24, 2.45) is 0 Å². The summed E-state index contributed by atoms with van der Waals surface area (Å²) in [6.07, 6.45) is -0.117. The number of methoxy groups -OCH3 is 1. The second-order valence-corrected chi connectivity index (χ2v) is 6.80. The van der Waals surface area contributed by atoms with Crippen LogP contribution >= 0.6 is 0 Å². The molecular weight excluding hydrogens is 374 g/mol. The Morgan fingerprint density at radius 1 is 1.17 bits per heavy atom. The van der Waals surface area contributed by atoms with E-state index in [-0.39, 0.29) is 41.3 Å². The van der Waals surface area contributed by atoms with Crippen molar-refractivity contribution < 1.29 is 23.9 Å². The van der Waals surface area contributed by atoms with E-state index in [1.165, 1.54) is 21.0 Å². The summed E-state index contributed by atoms with van der Waals surface area (Å²) in [5, 5.41) is 5.56. The van der Waals surface area contributed by atoms with Crippen molar-refractivity contribution in [2.45, 2.75) is 40.2 Å². The van der Waals surface area contributed by atoms with Gasteiger partial charge < -0.3 is 20.4 Å². The van der Waals surface area contributed by atoms with Crippen LogP contribution in [0.1, 0.15) is 64.5 Å². The van der Waals surface area contributed by atoms with Crippen molar-refractivity contribution in [3.05, 3.63) is 52.3 Å². The van der Waals surface area contributed by atoms with E-state index in [9.17, 15) is 19.2 Å². The molecule has 0 bridgehead atoms. The Hall–Kier alpha value is -3.42. The lowest BCUT2D eigenvalue weighted by Crippen LogP contribution is -2.29. The maximum atomic E-state index is 12.6. The zero-order valence-corrected chi connectivity index (χ0v) is 17.1. The number of amides is 2. The molecule has 1 atom stereocenters. The number of benzene rings is 1. The van der Waals surface area contributed by atoms with Gasteiger partial charge in [0.25, 0.3) is 0 Å². The third-order valence-electron chi connectivity index (χ3n) is 4.49. The average Bonchev–Trinajstić information content (AvgIpc) is 2.96. The number of rotatable bonds is 7. The van der Waals surface area contributed by atoms with Crippen LogP contribution in [0, 0.1) is 6.92 Å². The molecule has 2 aromatic rings. The molecule has 0 fully saturated rings. The minimum atomic E-state index is -0.606. The predicted octanol–water partition coefficient (Wildman–Crippen LogP) is 2.69. The summed E-state index contributed by atoms with van der Waals surface area (Å²) in [6, 6.07) is 6.82. The molecule has 2 rings (SSSR count). The Bertz CT molecular complexity index is 961. The molecule has 1 unspecified atom stereocenters. The lowest BCUT2D eigenvalue weighted by Gasteiger charge is -2.15. The standard InChI is InChI=1S/C21H25N3O5/c1-11-19(21(28)29-5)17(24-20(11)13(3)25)10-18(27)22-12(2)15-7-6-8-16(9-15)23-14(4)26/h6-9,12,24H,10H2,1-5H3,(H,22,27)(H,23,26). The quantitative estimate of drug-likeness (QED) is 0.489. The highest BCUT2D eigenvalue weighted by atomic mass is 16.5. The van der Waals surface area contributed by atoms with Crippen molar-refractivity contribution in [2.75, 3.05) is 12.4 Å². The van der Waals surface area contributed by atoms with Crippen molar-refractivity contribution in [1.29, 1.82) is 0 Å². The van der Waals surface area contributed by atoms with E-state index in [1.54, 1.807) is 25.1 Å². The minimum Gasteiger partial charge on any atom is -0.465 e. The number of anilines is 1. The zero-order valence-electron chi connectivity index (χ0n) is 17.1. The minimum absolute atomic E-state index is 0.117. The largest absolute Gasteiger partial charge is 0.465 e. The Kier molecular flexibility index (Phi) is 6.93. The number of hydrogen-bond donors (Lipinski definition) is 3. The van der Waals surface area contributed by atoms with Crippen molar-refractivity contribution >= 4 is 29.3 Å². The summed E-state index contributed by atoms with van der Waals surface area (Å²) in [6.45, 7) is 6.25. The van der Waals surface area contributed by atoms with Crippen LogP contribution in [0.2, 0.25) is 0 Å². The highest BCUT2D eigenvalue weighted by Crippen LogP contribution is 2.22. The van der Waals surface area contributed by atoms with Gasteiger partial charge in [-0.15, -0.1) is 0 Å². The first-order chi connectivity index (χ1) is 13.6. The molecule has 0 saturated carbocycles. The number of carbonyl (C=O) groups is 4.